The number of nitrogens with one attached hydrogen (secondary N) is 1. The number of aromatic nitrogens is 1. The predicted molar refractivity (Wildman–Crippen MR) is 97.0 cm³/mol. The van der Waals surface area contributed by atoms with Gasteiger partial charge in [-0.15, -0.1) is 0 Å². The highest BCUT2D eigenvalue weighted by atomic mass is 16.2. The molecule has 1 aromatic heterocycles. The fraction of sp³-hybridized carbons (Fsp3) is 0.105. The zero-order valence-corrected chi connectivity index (χ0v) is 13.6. The van der Waals surface area contributed by atoms with E-state index >= 15 is 0 Å². The Hall–Kier alpha value is -3.41. The number of fused-ring (bicyclic) bond motifs is 1. The van der Waals surface area contributed by atoms with E-state index < -0.39 is 5.91 Å². The number of primary amides is 1. The highest BCUT2D eigenvalue weighted by molar-refractivity contribution is 6.00. The second-order valence-electron chi connectivity index (χ2n) is 5.65. The summed E-state index contributed by atoms with van der Waals surface area (Å²) in [5.74, 6) is -0.608. The van der Waals surface area contributed by atoms with Crippen molar-refractivity contribution in [1.29, 1.82) is 0 Å². The number of nitrogens with two attached hydrogens (primary N) is 1. The van der Waals surface area contributed by atoms with Gasteiger partial charge < -0.3 is 10.3 Å². The van der Waals surface area contributed by atoms with Crippen LogP contribution >= 0.6 is 0 Å². The van der Waals surface area contributed by atoms with Crippen molar-refractivity contribution in [3.63, 3.8) is 0 Å². The van der Waals surface area contributed by atoms with Crippen molar-refractivity contribution >= 4 is 28.9 Å². The molecule has 0 aliphatic heterocycles. The summed E-state index contributed by atoms with van der Waals surface area (Å²) in [7, 11) is 0. The molecule has 6 heteroatoms. The molecule has 0 fully saturated rings. The predicted octanol–water partition coefficient (Wildman–Crippen LogP) is 1.82. The van der Waals surface area contributed by atoms with Crippen LogP contribution in [0, 0.1) is 0 Å². The third kappa shape index (κ3) is 4.11. The van der Waals surface area contributed by atoms with Gasteiger partial charge in [0.25, 0.3) is 0 Å². The molecule has 0 bridgehead atoms. The summed E-state index contributed by atoms with van der Waals surface area (Å²) < 4.78 is 1.77. The summed E-state index contributed by atoms with van der Waals surface area (Å²) in [6.45, 7) is 0.0920. The second kappa shape index (κ2) is 7.44. The molecule has 25 heavy (non-hydrogen) atoms. The van der Waals surface area contributed by atoms with Gasteiger partial charge in [-0.2, -0.15) is 5.10 Å². The van der Waals surface area contributed by atoms with Gasteiger partial charge in [0, 0.05) is 22.7 Å². The van der Waals surface area contributed by atoms with Gasteiger partial charge >= 0.3 is 0 Å². The molecule has 0 aliphatic rings. The summed E-state index contributed by atoms with van der Waals surface area (Å²) in [6.07, 6.45) is 3.63. The number of hydrogen-bond acceptors (Lipinski definition) is 3. The van der Waals surface area contributed by atoms with E-state index in [2.05, 4.69) is 10.5 Å². The molecule has 0 atom stereocenters. The number of benzene rings is 2. The Labute approximate surface area is 144 Å². The number of nitrogens with zero attached hydrogens (tertiary/aromatic N) is 2. The Bertz CT molecular complexity index is 929. The molecule has 0 unspecified atom stereocenters. The average Bonchev–Trinajstić information content (AvgIpc) is 2.93. The van der Waals surface area contributed by atoms with Crippen molar-refractivity contribution in [2.24, 2.45) is 10.8 Å². The summed E-state index contributed by atoms with van der Waals surface area (Å²) in [6, 6.07) is 17.1. The van der Waals surface area contributed by atoms with Crippen molar-refractivity contribution in [3.05, 3.63) is 71.9 Å². The van der Waals surface area contributed by atoms with Crippen LogP contribution in [0.2, 0.25) is 0 Å². The van der Waals surface area contributed by atoms with Gasteiger partial charge in [0.2, 0.25) is 11.8 Å². The molecule has 1 heterocycles. The van der Waals surface area contributed by atoms with Gasteiger partial charge in [-0.25, -0.2) is 5.43 Å². The molecule has 3 N–H and O–H groups in total. The zero-order valence-electron chi connectivity index (χ0n) is 13.6. The molecule has 2 aromatic carbocycles. The largest absolute Gasteiger partial charge is 0.368 e. The van der Waals surface area contributed by atoms with E-state index in [1.165, 1.54) is 0 Å². The maximum absolute atomic E-state index is 11.9. The number of carbonyl (C=O) groups excluding carboxylic acids is 2. The Morgan fingerprint density at radius 2 is 1.80 bits per heavy atom. The maximum Gasteiger partial charge on any atom is 0.244 e. The molecule has 0 spiro atoms. The molecular weight excluding hydrogens is 316 g/mol. The first kappa shape index (κ1) is 16.4. The van der Waals surface area contributed by atoms with Crippen molar-refractivity contribution < 1.29 is 9.59 Å². The normalized spacial score (nSPS) is 11.0. The van der Waals surface area contributed by atoms with Crippen LogP contribution in [0.5, 0.6) is 0 Å². The number of hydrogen-bond donors (Lipinski definition) is 2. The monoisotopic (exact) mass is 334 g/mol. The second-order valence-corrected chi connectivity index (χ2v) is 5.65. The highest BCUT2D eigenvalue weighted by Gasteiger charge is 2.08. The molecule has 0 saturated carbocycles. The molecular formula is C19H18N4O2. The number of hydrazone groups is 1. The van der Waals surface area contributed by atoms with E-state index in [9.17, 15) is 9.59 Å². The zero-order chi connectivity index (χ0) is 17.6. The standard InChI is InChI=1S/C19H18N4O2/c20-18(24)13-23-12-15(16-8-4-5-9-17(16)23)11-21-22-19(25)10-14-6-2-1-3-7-14/h1-9,11-12H,10,13H2,(H2,20,24)(H,22,25)/b21-11-. The molecule has 3 aromatic rings. The number of carbonyl (C=O) groups is 2. The van der Waals surface area contributed by atoms with E-state index in [4.69, 9.17) is 5.73 Å². The number of rotatable bonds is 6. The van der Waals surface area contributed by atoms with E-state index in [0.29, 0.717) is 0 Å². The Kier molecular flexibility index (Phi) is 4.89. The average molecular weight is 334 g/mol. The van der Waals surface area contributed by atoms with Crippen molar-refractivity contribution in [2.75, 3.05) is 0 Å². The lowest BCUT2D eigenvalue weighted by Crippen LogP contribution is -2.19. The molecule has 3 rings (SSSR count). The topological polar surface area (TPSA) is 89.5 Å². The van der Waals surface area contributed by atoms with Crippen LogP contribution in [-0.4, -0.2) is 22.6 Å². The first-order valence-corrected chi connectivity index (χ1v) is 7.85. The van der Waals surface area contributed by atoms with E-state index in [1.807, 2.05) is 54.6 Å². The van der Waals surface area contributed by atoms with E-state index in [-0.39, 0.29) is 18.9 Å². The van der Waals surface area contributed by atoms with Crippen molar-refractivity contribution in [1.82, 2.24) is 9.99 Å². The molecule has 126 valence electrons. The fourth-order valence-electron chi connectivity index (χ4n) is 2.67. The van der Waals surface area contributed by atoms with Crippen LogP contribution in [0.4, 0.5) is 0 Å². The lowest BCUT2D eigenvalue weighted by molar-refractivity contribution is -0.120. The third-order valence-corrected chi connectivity index (χ3v) is 3.75. The van der Waals surface area contributed by atoms with Crippen LogP contribution in [0.25, 0.3) is 10.9 Å². The quantitative estimate of drug-likeness (QED) is 0.532. The molecule has 0 saturated heterocycles. The minimum Gasteiger partial charge on any atom is -0.368 e. The van der Waals surface area contributed by atoms with Gasteiger partial charge in [-0.1, -0.05) is 48.5 Å². The maximum atomic E-state index is 11.9. The van der Waals surface area contributed by atoms with E-state index in [1.54, 1.807) is 17.0 Å². The Morgan fingerprint density at radius 1 is 1.08 bits per heavy atom. The Morgan fingerprint density at radius 3 is 2.56 bits per heavy atom. The van der Waals surface area contributed by atoms with Crippen LogP contribution in [0.15, 0.2) is 65.9 Å². The molecule has 0 aliphatic carbocycles. The first-order chi connectivity index (χ1) is 12.1. The summed E-state index contributed by atoms with van der Waals surface area (Å²) >= 11 is 0. The Balaban J connectivity index is 1.73. The lowest BCUT2D eigenvalue weighted by Gasteiger charge is -2.00. The lowest BCUT2D eigenvalue weighted by atomic mass is 10.1. The van der Waals surface area contributed by atoms with Gasteiger partial charge in [0.1, 0.15) is 6.54 Å². The van der Waals surface area contributed by atoms with Crippen LogP contribution in [0.1, 0.15) is 11.1 Å². The highest BCUT2D eigenvalue weighted by Crippen LogP contribution is 2.19. The van der Waals surface area contributed by atoms with Gasteiger partial charge in [-0.3, -0.25) is 9.59 Å². The van der Waals surface area contributed by atoms with Gasteiger partial charge in [0.05, 0.1) is 12.6 Å². The minimum absolute atomic E-state index is 0.0920. The number of para-hydroxylation sites is 1. The summed E-state index contributed by atoms with van der Waals surface area (Å²) in [5.41, 5.74) is 10.4. The molecule has 6 nitrogen and oxygen atoms in total. The fourth-order valence-corrected chi connectivity index (χ4v) is 2.67. The third-order valence-electron chi connectivity index (χ3n) is 3.75. The van der Waals surface area contributed by atoms with E-state index in [0.717, 1.165) is 22.0 Å². The van der Waals surface area contributed by atoms with Gasteiger partial charge in [0.15, 0.2) is 0 Å². The molecule has 0 radical (unpaired) electrons. The number of amides is 2. The summed E-state index contributed by atoms with van der Waals surface area (Å²) in [5, 5.41) is 4.96. The van der Waals surface area contributed by atoms with Crippen LogP contribution < -0.4 is 11.2 Å². The SMILES string of the molecule is NC(=O)Cn1cc(/C=N\NC(=O)Cc2ccccc2)c2ccccc21. The smallest absolute Gasteiger partial charge is 0.244 e. The summed E-state index contributed by atoms with van der Waals surface area (Å²) in [4.78, 5) is 23.1. The van der Waals surface area contributed by atoms with Crippen LogP contribution in [-0.2, 0) is 22.6 Å². The van der Waals surface area contributed by atoms with Crippen LogP contribution in [0.3, 0.4) is 0 Å². The first-order valence-electron chi connectivity index (χ1n) is 7.85. The van der Waals surface area contributed by atoms with Crippen molar-refractivity contribution in [2.45, 2.75) is 13.0 Å². The molecule has 2 amide bonds. The van der Waals surface area contributed by atoms with Crippen molar-refractivity contribution in [3.8, 4) is 0 Å². The minimum atomic E-state index is -0.416. The van der Waals surface area contributed by atoms with Gasteiger partial charge in [-0.05, 0) is 11.6 Å².